The lowest BCUT2D eigenvalue weighted by Gasteiger charge is -2.28. The van der Waals surface area contributed by atoms with Crippen molar-refractivity contribution in [3.05, 3.63) is 59.1 Å². The molecule has 0 heterocycles. The third-order valence-electron chi connectivity index (χ3n) is 5.11. The molecule has 1 aliphatic carbocycles. The van der Waals surface area contributed by atoms with E-state index in [-0.39, 0.29) is 4.90 Å². The van der Waals surface area contributed by atoms with Gasteiger partial charge in [0.2, 0.25) is 5.91 Å². The minimum atomic E-state index is -3.83. The van der Waals surface area contributed by atoms with Crippen LogP contribution in [0.1, 0.15) is 38.2 Å². The van der Waals surface area contributed by atoms with Crippen LogP contribution in [0.5, 0.6) is 0 Å². The van der Waals surface area contributed by atoms with Crippen LogP contribution in [0.15, 0.2) is 53.4 Å². The normalized spacial score (nSPS) is 16.4. The number of rotatable bonds is 5. The summed E-state index contributed by atoms with van der Waals surface area (Å²) in [4.78, 5) is 13.3. The van der Waals surface area contributed by atoms with Gasteiger partial charge in [-0.2, -0.15) is 0 Å². The molecule has 0 saturated heterocycles. The van der Waals surface area contributed by atoms with Crippen molar-refractivity contribution in [1.29, 1.82) is 0 Å². The van der Waals surface area contributed by atoms with E-state index in [1.165, 1.54) is 12.1 Å². The van der Waals surface area contributed by atoms with Crippen LogP contribution in [0.4, 0.5) is 5.69 Å². The van der Waals surface area contributed by atoms with Gasteiger partial charge in [0.15, 0.2) is 14.6 Å². The summed E-state index contributed by atoms with van der Waals surface area (Å²) < 4.78 is 25.3. The summed E-state index contributed by atoms with van der Waals surface area (Å²) >= 11 is 5.89. The van der Waals surface area contributed by atoms with Crippen LogP contribution in [0.25, 0.3) is 0 Å². The summed E-state index contributed by atoms with van der Waals surface area (Å²) in [5.74, 6) is -0.439. The summed E-state index contributed by atoms with van der Waals surface area (Å²) in [6, 6.07) is 13.5. The van der Waals surface area contributed by atoms with Gasteiger partial charge >= 0.3 is 0 Å². The molecule has 1 fully saturated rings. The summed E-state index contributed by atoms with van der Waals surface area (Å²) in [5.41, 5.74) is 1.66. The fraction of sp³-hybridized carbons (Fsp3) is 0.350. The van der Waals surface area contributed by atoms with Crippen molar-refractivity contribution in [2.75, 3.05) is 5.32 Å². The van der Waals surface area contributed by atoms with Gasteiger partial charge in [0.25, 0.3) is 0 Å². The number of carbonyl (C=O) groups is 1. The van der Waals surface area contributed by atoms with Gasteiger partial charge in [-0.15, -0.1) is 0 Å². The molecule has 4 nitrogen and oxygen atoms in total. The molecule has 0 aliphatic heterocycles. The number of sulfone groups is 1. The Bertz CT molecular complexity index is 901. The number of anilines is 1. The van der Waals surface area contributed by atoms with Gasteiger partial charge in [-0.05, 0) is 55.2 Å². The number of halogens is 1. The lowest BCUT2D eigenvalue weighted by molar-refractivity contribution is -0.118. The average Bonchev–Trinajstić information content (AvgIpc) is 3.14. The molecule has 6 heteroatoms. The van der Waals surface area contributed by atoms with Crippen molar-refractivity contribution in [2.24, 2.45) is 0 Å². The molecule has 1 saturated carbocycles. The number of para-hydroxylation sites is 1. The lowest BCUT2D eigenvalue weighted by atomic mass is 10.0. The van der Waals surface area contributed by atoms with Gasteiger partial charge in [0, 0.05) is 10.7 Å². The Labute approximate surface area is 159 Å². The first-order chi connectivity index (χ1) is 12.4. The van der Waals surface area contributed by atoms with Crippen molar-refractivity contribution in [2.45, 2.75) is 48.7 Å². The second-order valence-electron chi connectivity index (χ2n) is 6.62. The maximum absolute atomic E-state index is 13.3. The standard InChI is InChI=1S/C20H22ClNO3S/c1-2-15-7-3-4-8-18(15)22-19(23)20(13-5-6-14-20)26(24,25)17-11-9-16(21)10-12-17/h3-4,7-12H,2,5-6,13-14H2,1H3,(H,22,23). The molecule has 0 atom stereocenters. The zero-order valence-corrected chi connectivity index (χ0v) is 16.2. The van der Waals surface area contributed by atoms with E-state index in [4.69, 9.17) is 11.6 Å². The quantitative estimate of drug-likeness (QED) is 0.808. The lowest BCUT2D eigenvalue weighted by Crippen LogP contribution is -2.47. The Morgan fingerprint density at radius 1 is 1.08 bits per heavy atom. The molecule has 2 aromatic carbocycles. The number of hydrogen-bond donors (Lipinski definition) is 1. The van der Waals surface area contributed by atoms with Crippen LogP contribution in [-0.4, -0.2) is 19.1 Å². The van der Waals surface area contributed by atoms with E-state index in [1.54, 1.807) is 12.1 Å². The Morgan fingerprint density at radius 2 is 1.69 bits per heavy atom. The van der Waals surface area contributed by atoms with Gasteiger partial charge in [0.05, 0.1) is 4.90 Å². The summed E-state index contributed by atoms with van der Waals surface area (Å²) in [5, 5.41) is 3.35. The first-order valence-corrected chi connectivity index (χ1v) is 10.7. The van der Waals surface area contributed by atoms with Crippen LogP contribution < -0.4 is 5.32 Å². The van der Waals surface area contributed by atoms with Gasteiger partial charge in [-0.1, -0.05) is 49.6 Å². The first kappa shape index (κ1) is 18.9. The molecule has 3 rings (SSSR count). The molecule has 1 amide bonds. The van der Waals surface area contributed by atoms with Gasteiger partial charge in [-0.25, -0.2) is 8.42 Å². The van der Waals surface area contributed by atoms with E-state index >= 15 is 0 Å². The fourth-order valence-electron chi connectivity index (χ4n) is 3.59. The number of amides is 1. The monoisotopic (exact) mass is 391 g/mol. The number of carbonyl (C=O) groups excluding carboxylic acids is 1. The smallest absolute Gasteiger partial charge is 0.246 e. The SMILES string of the molecule is CCc1ccccc1NC(=O)C1(S(=O)(=O)c2ccc(Cl)cc2)CCCC1. The summed E-state index contributed by atoms with van der Waals surface area (Å²) in [6.45, 7) is 2.00. The van der Waals surface area contributed by atoms with E-state index in [9.17, 15) is 13.2 Å². The molecule has 0 radical (unpaired) electrons. The summed E-state index contributed by atoms with van der Waals surface area (Å²) in [6.07, 6.45) is 2.86. The Kier molecular flexibility index (Phi) is 5.39. The highest BCUT2D eigenvalue weighted by Gasteiger charge is 2.53. The van der Waals surface area contributed by atoms with Crippen LogP contribution in [0.2, 0.25) is 5.02 Å². The van der Waals surface area contributed by atoms with E-state index < -0.39 is 20.5 Å². The minimum Gasteiger partial charge on any atom is -0.324 e. The van der Waals surface area contributed by atoms with Crippen molar-refractivity contribution >= 4 is 33.0 Å². The number of benzene rings is 2. The topological polar surface area (TPSA) is 63.2 Å². The maximum Gasteiger partial charge on any atom is 0.246 e. The molecule has 2 aromatic rings. The molecule has 1 aliphatic rings. The minimum absolute atomic E-state index is 0.141. The second-order valence-corrected chi connectivity index (χ2v) is 9.32. The highest BCUT2D eigenvalue weighted by atomic mass is 35.5. The predicted molar refractivity (Wildman–Crippen MR) is 104 cm³/mol. The van der Waals surface area contributed by atoms with E-state index in [2.05, 4.69) is 5.32 Å². The fourth-order valence-corrected chi connectivity index (χ4v) is 5.78. The average molecular weight is 392 g/mol. The van der Waals surface area contributed by atoms with Crippen molar-refractivity contribution in [3.8, 4) is 0 Å². The van der Waals surface area contributed by atoms with Crippen LogP contribution >= 0.6 is 11.6 Å². The van der Waals surface area contributed by atoms with Gasteiger partial charge in [-0.3, -0.25) is 4.79 Å². The predicted octanol–water partition coefficient (Wildman–Crippen LogP) is 4.63. The van der Waals surface area contributed by atoms with E-state index in [1.807, 2.05) is 31.2 Å². The largest absolute Gasteiger partial charge is 0.324 e. The zero-order valence-electron chi connectivity index (χ0n) is 14.7. The maximum atomic E-state index is 13.3. The zero-order chi connectivity index (χ0) is 18.8. The molecular formula is C20H22ClNO3S. The second kappa shape index (κ2) is 7.41. The van der Waals surface area contributed by atoms with Gasteiger partial charge in [0.1, 0.15) is 0 Å². The molecule has 26 heavy (non-hydrogen) atoms. The number of aryl methyl sites for hydroxylation is 1. The van der Waals surface area contributed by atoms with Gasteiger partial charge < -0.3 is 5.32 Å². The highest BCUT2D eigenvalue weighted by molar-refractivity contribution is 7.93. The summed E-state index contributed by atoms with van der Waals surface area (Å²) in [7, 11) is -3.83. The first-order valence-electron chi connectivity index (χ1n) is 8.80. The Morgan fingerprint density at radius 3 is 2.31 bits per heavy atom. The van der Waals surface area contributed by atoms with E-state index in [0.717, 1.165) is 24.8 Å². The number of hydrogen-bond acceptors (Lipinski definition) is 3. The van der Waals surface area contributed by atoms with Crippen molar-refractivity contribution in [1.82, 2.24) is 0 Å². The molecule has 0 unspecified atom stereocenters. The molecule has 0 bridgehead atoms. The van der Waals surface area contributed by atoms with Crippen LogP contribution in [0, 0.1) is 0 Å². The van der Waals surface area contributed by atoms with Crippen molar-refractivity contribution < 1.29 is 13.2 Å². The van der Waals surface area contributed by atoms with E-state index in [0.29, 0.717) is 23.6 Å². The van der Waals surface area contributed by atoms with Crippen LogP contribution in [-0.2, 0) is 21.1 Å². The van der Waals surface area contributed by atoms with Crippen LogP contribution in [0.3, 0.4) is 0 Å². The molecule has 0 aromatic heterocycles. The third kappa shape index (κ3) is 3.26. The Balaban J connectivity index is 1.99. The Hall–Kier alpha value is -1.85. The molecule has 1 N–H and O–H groups in total. The molecule has 138 valence electrons. The molecule has 0 spiro atoms. The third-order valence-corrected chi connectivity index (χ3v) is 7.88. The number of nitrogens with one attached hydrogen (secondary N) is 1. The molecular weight excluding hydrogens is 370 g/mol. The van der Waals surface area contributed by atoms with Crippen molar-refractivity contribution in [3.63, 3.8) is 0 Å². The highest BCUT2D eigenvalue weighted by Crippen LogP contribution is 2.41.